The van der Waals surface area contributed by atoms with Crippen LogP contribution in [0.25, 0.3) is 5.69 Å². The highest BCUT2D eigenvalue weighted by molar-refractivity contribution is 7.86. The third kappa shape index (κ3) is 4.58. The molecule has 12 heteroatoms. The highest BCUT2D eigenvalue weighted by atomic mass is 35.5. The van der Waals surface area contributed by atoms with Crippen LogP contribution in [-0.4, -0.2) is 25.5 Å². The number of carbonyl (C=O) groups excluding carboxylic acids is 1. The van der Waals surface area contributed by atoms with Gasteiger partial charge in [-0.25, -0.2) is 4.68 Å². The first-order valence-electron chi connectivity index (χ1n) is 8.36. The SMILES string of the molecule is N#Cc1nn(-c2c(Cl)cc(C(F)(F)F)cc2Cl)c(N)c1S(=O)CC(=O)c1ccccc1. The fourth-order valence-corrected chi connectivity index (χ4v) is 4.53. The van der Waals surface area contributed by atoms with Gasteiger partial charge in [0.25, 0.3) is 0 Å². The Labute approximate surface area is 186 Å². The van der Waals surface area contributed by atoms with Gasteiger partial charge >= 0.3 is 6.18 Å². The van der Waals surface area contributed by atoms with Gasteiger partial charge in [0.2, 0.25) is 0 Å². The molecule has 3 rings (SSSR count). The number of anilines is 1. The standard InChI is InChI=1S/C19H11Cl2F3N4O2S/c20-12-6-11(19(22,23)24)7-13(21)16(12)28-18(26)17(14(8-25)27-28)31(30)9-15(29)10-4-2-1-3-5-10/h1-7H,9,26H2. The summed E-state index contributed by atoms with van der Waals surface area (Å²) in [4.78, 5) is 12.1. The Hall–Kier alpha value is -2.87. The summed E-state index contributed by atoms with van der Waals surface area (Å²) in [5.41, 5.74) is 4.63. The first-order valence-corrected chi connectivity index (χ1v) is 10.4. The molecule has 1 atom stereocenters. The fourth-order valence-electron chi connectivity index (χ4n) is 2.71. The van der Waals surface area contributed by atoms with E-state index in [0.29, 0.717) is 17.7 Å². The molecule has 0 bridgehead atoms. The zero-order valence-corrected chi connectivity index (χ0v) is 17.6. The number of nitrogen functional groups attached to an aromatic ring is 1. The third-order valence-corrected chi connectivity index (χ3v) is 6.08. The zero-order chi connectivity index (χ0) is 22.9. The van der Waals surface area contributed by atoms with E-state index >= 15 is 0 Å². The van der Waals surface area contributed by atoms with Crippen molar-refractivity contribution in [1.82, 2.24) is 9.78 Å². The van der Waals surface area contributed by atoms with Gasteiger partial charge in [0.15, 0.2) is 11.5 Å². The smallest absolute Gasteiger partial charge is 0.383 e. The fraction of sp³-hybridized carbons (Fsp3) is 0.105. The number of carbonyl (C=O) groups is 1. The number of nitrogens with two attached hydrogens (primary N) is 1. The second-order valence-corrected chi connectivity index (χ2v) is 8.35. The van der Waals surface area contributed by atoms with Crippen molar-refractivity contribution in [2.45, 2.75) is 11.1 Å². The van der Waals surface area contributed by atoms with Crippen LogP contribution in [0.2, 0.25) is 10.0 Å². The van der Waals surface area contributed by atoms with Crippen molar-refractivity contribution in [2.24, 2.45) is 0 Å². The van der Waals surface area contributed by atoms with E-state index < -0.39 is 44.1 Å². The Morgan fingerprint density at radius 3 is 2.29 bits per heavy atom. The van der Waals surface area contributed by atoms with E-state index in [1.165, 1.54) is 0 Å². The molecular weight excluding hydrogens is 476 g/mol. The first kappa shape index (κ1) is 22.8. The van der Waals surface area contributed by atoms with Crippen molar-refractivity contribution < 1.29 is 22.2 Å². The predicted molar refractivity (Wildman–Crippen MR) is 110 cm³/mol. The predicted octanol–water partition coefficient (Wildman–Crippen LogP) is 4.64. The number of hydrogen-bond donors (Lipinski definition) is 1. The molecule has 0 saturated heterocycles. The average Bonchev–Trinajstić information content (AvgIpc) is 3.03. The largest absolute Gasteiger partial charge is 0.416 e. The molecule has 2 N–H and O–H groups in total. The first-order chi connectivity index (χ1) is 14.5. The number of nitriles is 1. The molecule has 6 nitrogen and oxygen atoms in total. The molecule has 31 heavy (non-hydrogen) atoms. The second-order valence-electron chi connectivity index (χ2n) is 6.15. The molecule has 0 aliphatic heterocycles. The van der Waals surface area contributed by atoms with E-state index in [-0.39, 0.29) is 22.1 Å². The lowest BCUT2D eigenvalue weighted by atomic mass is 10.2. The second kappa shape index (κ2) is 8.70. The lowest BCUT2D eigenvalue weighted by Gasteiger charge is -2.13. The molecule has 0 radical (unpaired) electrons. The summed E-state index contributed by atoms with van der Waals surface area (Å²) in [6.07, 6.45) is -4.69. The van der Waals surface area contributed by atoms with E-state index in [4.69, 9.17) is 28.9 Å². The highest BCUT2D eigenvalue weighted by Crippen LogP contribution is 2.39. The quantitative estimate of drug-likeness (QED) is 0.529. The molecule has 0 aliphatic rings. The number of halogens is 5. The van der Waals surface area contributed by atoms with Crippen LogP contribution < -0.4 is 5.73 Å². The van der Waals surface area contributed by atoms with E-state index in [0.717, 1.165) is 4.68 Å². The van der Waals surface area contributed by atoms with Gasteiger partial charge in [-0.2, -0.15) is 23.5 Å². The van der Waals surface area contributed by atoms with Crippen LogP contribution in [-0.2, 0) is 17.0 Å². The highest BCUT2D eigenvalue weighted by Gasteiger charge is 2.33. The van der Waals surface area contributed by atoms with E-state index in [9.17, 15) is 27.4 Å². The van der Waals surface area contributed by atoms with Gasteiger partial charge in [-0.1, -0.05) is 53.5 Å². The minimum atomic E-state index is -4.69. The van der Waals surface area contributed by atoms with Gasteiger partial charge in [-0.3, -0.25) is 9.00 Å². The van der Waals surface area contributed by atoms with Gasteiger partial charge in [0.05, 0.1) is 32.2 Å². The molecule has 2 aromatic carbocycles. The summed E-state index contributed by atoms with van der Waals surface area (Å²) in [6.45, 7) is 0. The Kier molecular flexibility index (Phi) is 6.40. The molecule has 3 aromatic rings. The normalized spacial score (nSPS) is 12.4. The minimum absolute atomic E-state index is 0.219. The maximum atomic E-state index is 13.0. The van der Waals surface area contributed by atoms with Crippen LogP contribution >= 0.6 is 23.2 Å². The summed E-state index contributed by atoms with van der Waals surface area (Å²) < 4.78 is 52.6. The summed E-state index contributed by atoms with van der Waals surface area (Å²) in [6, 6.07) is 11.0. The number of aromatic nitrogens is 2. The summed E-state index contributed by atoms with van der Waals surface area (Å²) >= 11 is 12.0. The maximum absolute atomic E-state index is 13.0. The van der Waals surface area contributed by atoms with Crippen molar-refractivity contribution in [3.05, 3.63) is 69.3 Å². The summed E-state index contributed by atoms with van der Waals surface area (Å²) in [5, 5.41) is 12.4. The van der Waals surface area contributed by atoms with Crippen molar-refractivity contribution in [1.29, 1.82) is 5.26 Å². The Morgan fingerprint density at radius 2 is 1.77 bits per heavy atom. The lowest BCUT2D eigenvalue weighted by Crippen LogP contribution is -2.13. The molecule has 0 fully saturated rings. The van der Waals surface area contributed by atoms with Crippen LogP contribution in [0.4, 0.5) is 19.0 Å². The topological polar surface area (TPSA) is 102 Å². The molecule has 0 spiro atoms. The van der Waals surface area contributed by atoms with Crippen molar-refractivity contribution >= 4 is 45.6 Å². The van der Waals surface area contributed by atoms with Crippen molar-refractivity contribution in [2.75, 3.05) is 11.5 Å². The molecule has 1 aromatic heterocycles. The molecule has 1 unspecified atom stereocenters. The molecule has 160 valence electrons. The number of alkyl halides is 3. The molecule has 0 amide bonds. The van der Waals surface area contributed by atoms with Crippen LogP contribution in [0.15, 0.2) is 47.4 Å². The Morgan fingerprint density at radius 1 is 1.19 bits per heavy atom. The summed E-state index contributed by atoms with van der Waals surface area (Å²) in [5.74, 6) is -1.27. The lowest BCUT2D eigenvalue weighted by molar-refractivity contribution is -0.137. The zero-order valence-electron chi connectivity index (χ0n) is 15.3. The van der Waals surface area contributed by atoms with Crippen molar-refractivity contribution in [3.63, 3.8) is 0 Å². The molecule has 0 aliphatic carbocycles. The van der Waals surface area contributed by atoms with Gasteiger partial charge < -0.3 is 5.73 Å². The Balaban J connectivity index is 2.04. The van der Waals surface area contributed by atoms with Gasteiger partial charge in [0.1, 0.15) is 22.5 Å². The minimum Gasteiger partial charge on any atom is -0.383 e. The van der Waals surface area contributed by atoms with Crippen LogP contribution in [0.1, 0.15) is 21.6 Å². The number of benzene rings is 2. The number of ketones is 1. The average molecular weight is 487 g/mol. The molecule has 0 saturated carbocycles. The van der Waals surface area contributed by atoms with Gasteiger partial charge in [-0.15, -0.1) is 0 Å². The van der Waals surface area contributed by atoms with E-state index in [2.05, 4.69) is 5.10 Å². The van der Waals surface area contributed by atoms with Gasteiger partial charge in [0, 0.05) is 5.56 Å². The van der Waals surface area contributed by atoms with Crippen LogP contribution in [0, 0.1) is 11.3 Å². The monoisotopic (exact) mass is 486 g/mol. The van der Waals surface area contributed by atoms with Gasteiger partial charge in [-0.05, 0) is 12.1 Å². The number of rotatable bonds is 5. The molecule has 1 heterocycles. The number of nitrogens with zero attached hydrogens (tertiary/aromatic N) is 3. The van der Waals surface area contributed by atoms with E-state index in [1.807, 2.05) is 0 Å². The number of hydrogen-bond acceptors (Lipinski definition) is 5. The Bertz CT molecular complexity index is 1210. The van der Waals surface area contributed by atoms with Crippen molar-refractivity contribution in [3.8, 4) is 11.8 Å². The van der Waals surface area contributed by atoms with E-state index in [1.54, 1.807) is 36.4 Å². The van der Waals surface area contributed by atoms with Crippen LogP contribution in [0.5, 0.6) is 0 Å². The number of Topliss-reactive ketones (excluding diaryl/α,β-unsaturated/α-hetero) is 1. The maximum Gasteiger partial charge on any atom is 0.416 e. The molecular formula is C19H11Cl2F3N4O2S. The van der Waals surface area contributed by atoms with Crippen LogP contribution in [0.3, 0.4) is 0 Å². The third-order valence-electron chi connectivity index (χ3n) is 4.12. The summed E-state index contributed by atoms with van der Waals surface area (Å²) in [7, 11) is -2.07.